The Balaban J connectivity index is 1.63. The van der Waals surface area contributed by atoms with Gasteiger partial charge in [0.15, 0.2) is 5.75 Å². The number of nitrogens with zero attached hydrogens (tertiary/aromatic N) is 2. The summed E-state index contributed by atoms with van der Waals surface area (Å²) in [5.41, 5.74) is 8.74. The Labute approximate surface area is 153 Å². The molecule has 0 aliphatic heterocycles. The van der Waals surface area contributed by atoms with Crippen molar-refractivity contribution < 1.29 is 9.90 Å². The number of benzene rings is 2. The Morgan fingerprint density at radius 1 is 1.15 bits per heavy atom. The highest BCUT2D eigenvalue weighted by molar-refractivity contribution is 7.10. The second-order valence-corrected chi connectivity index (χ2v) is 6.85. The van der Waals surface area contributed by atoms with Crippen molar-refractivity contribution in [2.45, 2.75) is 6.42 Å². The fraction of sp³-hybridized carbons (Fsp3) is 0.0500. The van der Waals surface area contributed by atoms with Crippen molar-refractivity contribution in [2.24, 2.45) is 5.73 Å². The van der Waals surface area contributed by atoms with Gasteiger partial charge in [-0.1, -0.05) is 36.4 Å². The Kier molecular flexibility index (Phi) is 4.10. The normalized spacial score (nSPS) is 10.9. The largest absolute Gasteiger partial charge is 0.505 e. The first-order valence-corrected chi connectivity index (χ1v) is 8.90. The third-order valence-electron chi connectivity index (χ3n) is 4.12. The highest BCUT2D eigenvalue weighted by atomic mass is 32.1. The van der Waals surface area contributed by atoms with Crippen LogP contribution >= 0.6 is 11.3 Å². The molecule has 0 bridgehead atoms. The van der Waals surface area contributed by atoms with E-state index in [1.54, 1.807) is 23.6 Å². The predicted octanol–water partition coefficient (Wildman–Crippen LogP) is 3.75. The summed E-state index contributed by atoms with van der Waals surface area (Å²) in [7, 11) is 0. The van der Waals surface area contributed by atoms with Crippen molar-refractivity contribution in [2.75, 3.05) is 0 Å². The molecule has 6 heteroatoms. The molecule has 0 saturated heterocycles. The molecule has 0 atom stereocenters. The summed E-state index contributed by atoms with van der Waals surface area (Å²) in [5, 5.41) is 13.9. The van der Waals surface area contributed by atoms with E-state index in [4.69, 9.17) is 10.7 Å². The van der Waals surface area contributed by atoms with Crippen LogP contribution < -0.4 is 5.73 Å². The van der Waals surface area contributed by atoms with Gasteiger partial charge < -0.3 is 10.8 Å². The molecule has 2 heterocycles. The number of fused-ring (bicyclic) bond motifs is 1. The third kappa shape index (κ3) is 3.02. The predicted molar refractivity (Wildman–Crippen MR) is 102 cm³/mol. The van der Waals surface area contributed by atoms with Gasteiger partial charge in [-0.15, -0.1) is 11.3 Å². The lowest BCUT2D eigenvalue weighted by molar-refractivity contribution is 0.0998. The van der Waals surface area contributed by atoms with E-state index in [0.717, 1.165) is 27.2 Å². The van der Waals surface area contributed by atoms with Crippen LogP contribution in [0.1, 0.15) is 20.9 Å². The topological polar surface area (TPSA) is 89.1 Å². The number of hydrogen-bond donors (Lipinski definition) is 2. The van der Waals surface area contributed by atoms with Gasteiger partial charge in [-0.3, -0.25) is 9.78 Å². The second-order valence-electron chi connectivity index (χ2n) is 5.91. The molecule has 3 N–H and O–H groups in total. The number of thiazole rings is 1. The fourth-order valence-corrected chi connectivity index (χ4v) is 3.67. The van der Waals surface area contributed by atoms with Crippen molar-refractivity contribution in [3.8, 4) is 17.0 Å². The maximum absolute atomic E-state index is 11.3. The minimum absolute atomic E-state index is 0.0742. The maximum Gasteiger partial charge on any atom is 0.252 e. The standard InChI is InChI=1S/C20H15N3O2S/c21-20(25)15-7-6-14-8-12(10-22-18(14)19(15)24)9-17-23-16(11-26-17)13-4-2-1-3-5-13/h1-8,10-11,24H,9H2,(H2,21,25). The maximum atomic E-state index is 11.3. The molecule has 2 aromatic heterocycles. The Hall–Kier alpha value is -3.25. The lowest BCUT2D eigenvalue weighted by Crippen LogP contribution is -2.11. The van der Waals surface area contributed by atoms with E-state index < -0.39 is 5.91 Å². The third-order valence-corrected chi connectivity index (χ3v) is 4.97. The van der Waals surface area contributed by atoms with Crippen molar-refractivity contribution in [3.05, 3.63) is 76.2 Å². The quantitative estimate of drug-likeness (QED) is 0.579. The van der Waals surface area contributed by atoms with Gasteiger partial charge in [0.1, 0.15) is 5.52 Å². The molecule has 128 valence electrons. The van der Waals surface area contributed by atoms with E-state index in [1.807, 2.05) is 41.8 Å². The van der Waals surface area contributed by atoms with Crippen molar-refractivity contribution >= 4 is 28.1 Å². The number of amides is 1. The van der Waals surface area contributed by atoms with E-state index in [1.165, 1.54) is 6.07 Å². The minimum Gasteiger partial charge on any atom is -0.505 e. The number of pyridine rings is 1. The number of aromatic hydroxyl groups is 1. The van der Waals surface area contributed by atoms with E-state index in [2.05, 4.69) is 4.98 Å². The lowest BCUT2D eigenvalue weighted by Gasteiger charge is -2.06. The SMILES string of the molecule is NC(=O)c1ccc2cc(Cc3nc(-c4ccccc4)cs3)cnc2c1O. The molecule has 0 spiro atoms. The Morgan fingerprint density at radius 3 is 2.73 bits per heavy atom. The first kappa shape index (κ1) is 16.2. The average molecular weight is 361 g/mol. The molecule has 4 aromatic rings. The van der Waals surface area contributed by atoms with Crippen LogP contribution in [0.3, 0.4) is 0 Å². The molecule has 0 unspecified atom stereocenters. The first-order chi connectivity index (χ1) is 12.6. The summed E-state index contributed by atoms with van der Waals surface area (Å²) in [6.45, 7) is 0. The minimum atomic E-state index is -0.675. The van der Waals surface area contributed by atoms with Crippen LogP contribution in [0.15, 0.2) is 60.1 Å². The van der Waals surface area contributed by atoms with Gasteiger partial charge in [-0.2, -0.15) is 0 Å². The molecule has 0 aliphatic carbocycles. The zero-order chi connectivity index (χ0) is 18.1. The molecule has 0 saturated carbocycles. The average Bonchev–Trinajstić information content (AvgIpc) is 3.11. The van der Waals surface area contributed by atoms with Crippen molar-refractivity contribution in [3.63, 3.8) is 0 Å². The molecular weight excluding hydrogens is 346 g/mol. The van der Waals surface area contributed by atoms with Gasteiger partial charge in [0.25, 0.3) is 5.91 Å². The van der Waals surface area contributed by atoms with E-state index >= 15 is 0 Å². The van der Waals surface area contributed by atoms with Crippen LogP contribution in [0.4, 0.5) is 0 Å². The number of rotatable bonds is 4. The van der Waals surface area contributed by atoms with Crippen molar-refractivity contribution in [1.82, 2.24) is 9.97 Å². The Bertz CT molecular complexity index is 1110. The number of hydrogen-bond acceptors (Lipinski definition) is 5. The van der Waals surface area contributed by atoms with Crippen molar-refractivity contribution in [1.29, 1.82) is 0 Å². The van der Waals surface area contributed by atoms with Crippen LogP contribution in [0.25, 0.3) is 22.2 Å². The molecule has 5 nitrogen and oxygen atoms in total. The molecule has 0 radical (unpaired) electrons. The highest BCUT2D eigenvalue weighted by Gasteiger charge is 2.13. The van der Waals surface area contributed by atoms with Gasteiger partial charge in [0.2, 0.25) is 0 Å². The lowest BCUT2D eigenvalue weighted by atomic mass is 10.1. The summed E-state index contributed by atoms with van der Waals surface area (Å²) < 4.78 is 0. The molecule has 4 rings (SSSR count). The zero-order valence-corrected chi connectivity index (χ0v) is 14.5. The van der Waals surface area contributed by atoms with Gasteiger partial charge >= 0.3 is 0 Å². The molecule has 2 aromatic carbocycles. The van der Waals surface area contributed by atoms with E-state index in [9.17, 15) is 9.90 Å². The van der Waals surface area contributed by atoms with E-state index in [-0.39, 0.29) is 11.3 Å². The number of primary amides is 1. The summed E-state index contributed by atoms with van der Waals surface area (Å²) in [6.07, 6.45) is 2.34. The fourth-order valence-electron chi connectivity index (χ4n) is 2.84. The van der Waals surface area contributed by atoms with Gasteiger partial charge in [0, 0.05) is 28.9 Å². The number of nitrogens with two attached hydrogens (primary N) is 1. The summed E-state index contributed by atoms with van der Waals surface area (Å²) in [6, 6.07) is 15.2. The van der Waals surface area contributed by atoms with Crippen LogP contribution in [0.2, 0.25) is 0 Å². The molecule has 1 amide bonds. The van der Waals surface area contributed by atoms with Crippen LogP contribution in [-0.4, -0.2) is 21.0 Å². The molecule has 0 fully saturated rings. The van der Waals surface area contributed by atoms with Crippen LogP contribution in [-0.2, 0) is 6.42 Å². The van der Waals surface area contributed by atoms with Gasteiger partial charge in [0.05, 0.1) is 16.3 Å². The summed E-state index contributed by atoms with van der Waals surface area (Å²) in [4.78, 5) is 20.3. The number of carbonyl (C=O) groups is 1. The number of phenols is 1. The molecular formula is C20H15N3O2S. The second kappa shape index (κ2) is 6.57. The summed E-state index contributed by atoms with van der Waals surface area (Å²) >= 11 is 1.60. The smallest absolute Gasteiger partial charge is 0.252 e. The number of aromatic nitrogens is 2. The van der Waals surface area contributed by atoms with Gasteiger partial charge in [-0.25, -0.2) is 4.98 Å². The summed E-state index contributed by atoms with van der Waals surface area (Å²) in [5.74, 6) is -0.853. The monoisotopic (exact) mass is 361 g/mol. The first-order valence-electron chi connectivity index (χ1n) is 8.02. The highest BCUT2D eigenvalue weighted by Crippen LogP contribution is 2.28. The van der Waals surface area contributed by atoms with Crippen LogP contribution in [0.5, 0.6) is 5.75 Å². The Morgan fingerprint density at radius 2 is 1.96 bits per heavy atom. The van der Waals surface area contributed by atoms with Gasteiger partial charge in [-0.05, 0) is 17.7 Å². The molecule has 0 aliphatic rings. The molecule has 26 heavy (non-hydrogen) atoms. The van der Waals surface area contributed by atoms with E-state index in [0.29, 0.717) is 11.9 Å². The number of carbonyl (C=O) groups excluding carboxylic acids is 1. The van der Waals surface area contributed by atoms with Crippen LogP contribution in [0, 0.1) is 0 Å². The zero-order valence-electron chi connectivity index (χ0n) is 13.7.